The van der Waals surface area contributed by atoms with Gasteiger partial charge in [-0.3, -0.25) is 9.36 Å². The van der Waals surface area contributed by atoms with Crippen molar-refractivity contribution in [2.75, 3.05) is 26.3 Å². The molecule has 1 aliphatic heterocycles. The second kappa shape index (κ2) is 5.71. The molecule has 7 heteroatoms. The zero-order chi connectivity index (χ0) is 14.8. The van der Waals surface area contributed by atoms with Crippen LogP contribution in [0.1, 0.15) is 5.56 Å². The highest BCUT2D eigenvalue weighted by atomic mass is 16.5. The largest absolute Gasteiger partial charge is 0.420 e. The third-order valence-corrected chi connectivity index (χ3v) is 3.57. The number of aromatic nitrogens is 1. The predicted octanol–water partition coefficient (Wildman–Crippen LogP) is -0.0544. The number of fused-ring (bicyclic) bond motifs is 1. The first-order valence-electron chi connectivity index (χ1n) is 6.77. The predicted molar refractivity (Wildman–Crippen MR) is 73.8 cm³/mol. The molecule has 1 amide bonds. The van der Waals surface area contributed by atoms with Gasteiger partial charge in [0.05, 0.1) is 25.3 Å². The number of aliphatic hydroxyl groups is 1. The molecule has 0 aliphatic carbocycles. The molecule has 0 saturated carbocycles. The van der Waals surface area contributed by atoms with Crippen LogP contribution < -0.4 is 5.76 Å². The van der Waals surface area contributed by atoms with Gasteiger partial charge in [0, 0.05) is 13.1 Å². The summed E-state index contributed by atoms with van der Waals surface area (Å²) in [7, 11) is 0. The Morgan fingerprint density at radius 3 is 2.76 bits per heavy atom. The monoisotopic (exact) mass is 292 g/mol. The zero-order valence-electron chi connectivity index (χ0n) is 11.4. The number of amides is 1. The lowest BCUT2D eigenvalue weighted by Gasteiger charge is -2.26. The quantitative estimate of drug-likeness (QED) is 0.857. The van der Waals surface area contributed by atoms with E-state index >= 15 is 0 Å². The Morgan fingerprint density at radius 1 is 1.29 bits per heavy atom. The van der Waals surface area contributed by atoms with Crippen molar-refractivity contribution >= 4 is 17.0 Å². The Labute approximate surface area is 120 Å². The highest BCUT2D eigenvalue weighted by Gasteiger charge is 2.20. The van der Waals surface area contributed by atoms with Crippen molar-refractivity contribution in [1.29, 1.82) is 0 Å². The number of oxazole rings is 1. The van der Waals surface area contributed by atoms with Crippen LogP contribution in [-0.2, 0) is 22.7 Å². The van der Waals surface area contributed by atoms with Crippen LogP contribution in [0, 0.1) is 0 Å². The van der Waals surface area contributed by atoms with E-state index in [-0.39, 0.29) is 19.1 Å². The molecule has 0 unspecified atom stereocenters. The molecule has 1 aromatic heterocycles. The van der Waals surface area contributed by atoms with Gasteiger partial charge >= 0.3 is 5.76 Å². The highest BCUT2D eigenvalue weighted by molar-refractivity contribution is 5.80. The highest BCUT2D eigenvalue weighted by Crippen LogP contribution is 2.15. The molecule has 1 aromatic carbocycles. The molecular weight excluding hydrogens is 276 g/mol. The lowest BCUT2D eigenvalue weighted by atomic mass is 10.2. The molecule has 2 heterocycles. The summed E-state index contributed by atoms with van der Waals surface area (Å²) in [6.45, 7) is 1.94. The summed E-state index contributed by atoms with van der Waals surface area (Å²) in [5.74, 6) is -0.698. The van der Waals surface area contributed by atoms with E-state index in [0.717, 1.165) is 0 Å². The Balaban J connectivity index is 1.87. The van der Waals surface area contributed by atoms with Gasteiger partial charge in [-0.05, 0) is 17.7 Å². The number of carbonyl (C=O) groups is 1. The number of aliphatic hydroxyl groups excluding tert-OH is 1. The minimum Gasteiger partial charge on any atom is -0.408 e. The average Bonchev–Trinajstić information content (AvgIpc) is 2.83. The van der Waals surface area contributed by atoms with Gasteiger partial charge in [-0.2, -0.15) is 0 Å². The molecule has 112 valence electrons. The first kappa shape index (κ1) is 13.8. The lowest BCUT2D eigenvalue weighted by Crippen LogP contribution is -2.43. The van der Waals surface area contributed by atoms with Crippen LogP contribution in [0.25, 0.3) is 11.1 Å². The molecule has 0 bridgehead atoms. The van der Waals surface area contributed by atoms with Crippen LogP contribution in [-0.4, -0.2) is 46.8 Å². The summed E-state index contributed by atoms with van der Waals surface area (Å²) >= 11 is 0. The van der Waals surface area contributed by atoms with E-state index in [4.69, 9.17) is 14.3 Å². The maximum atomic E-state index is 12.2. The molecule has 0 atom stereocenters. The van der Waals surface area contributed by atoms with Crippen molar-refractivity contribution < 1.29 is 19.1 Å². The molecule has 3 rings (SSSR count). The number of nitrogens with zero attached hydrogens (tertiary/aromatic N) is 2. The summed E-state index contributed by atoms with van der Waals surface area (Å²) in [6, 6.07) is 4.98. The van der Waals surface area contributed by atoms with E-state index in [9.17, 15) is 9.59 Å². The van der Waals surface area contributed by atoms with Gasteiger partial charge in [0.1, 0.15) is 6.54 Å². The van der Waals surface area contributed by atoms with Crippen molar-refractivity contribution in [2.24, 2.45) is 0 Å². The summed E-state index contributed by atoms with van der Waals surface area (Å²) < 4.78 is 11.6. The van der Waals surface area contributed by atoms with Gasteiger partial charge in [0.25, 0.3) is 0 Å². The van der Waals surface area contributed by atoms with Crippen LogP contribution in [0.2, 0.25) is 0 Å². The minimum atomic E-state index is -0.568. The number of ether oxygens (including phenoxy) is 1. The number of carbonyl (C=O) groups excluding carboxylic acids is 1. The Bertz CT molecular complexity index is 712. The SMILES string of the molecule is O=C(Cn1c(=O)oc2cc(CO)ccc21)N1CCOCC1. The molecule has 1 saturated heterocycles. The number of morpholine rings is 1. The average molecular weight is 292 g/mol. The molecule has 0 radical (unpaired) electrons. The number of hydrogen-bond donors (Lipinski definition) is 1. The molecule has 1 N–H and O–H groups in total. The Kier molecular flexibility index (Phi) is 3.76. The van der Waals surface area contributed by atoms with Crippen LogP contribution >= 0.6 is 0 Å². The number of benzene rings is 1. The van der Waals surface area contributed by atoms with Crippen LogP contribution in [0.5, 0.6) is 0 Å². The standard InChI is InChI=1S/C14H16N2O5/c17-9-10-1-2-11-12(7-10)21-14(19)16(11)8-13(18)15-3-5-20-6-4-15/h1-2,7,17H,3-6,8-9H2. The minimum absolute atomic E-state index is 0.0513. The van der Waals surface area contributed by atoms with Crippen molar-refractivity contribution in [2.45, 2.75) is 13.2 Å². The number of hydrogen-bond acceptors (Lipinski definition) is 5. The van der Waals surface area contributed by atoms with Gasteiger partial charge in [0.2, 0.25) is 5.91 Å². The second-order valence-corrected chi connectivity index (χ2v) is 4.91. The van der Waals surface area contributed by atoms with Gasteiger partial charge in [0.15, 0.2) is 5.58 Å². The summed E-state index contributed by atoms with van der Waals surface area (Å²) in [4.78, 5) is 25.8. The third-order valence-electron chi connectivity index (χ3n) is 3.57. The summed E-state index contributed by atoms with van der Waals surface area (Å²) in [6.07, 6.45) is 0. The summed E-state index contributed by atoms with van der Waals surface area (Å²) in [5.41, 5.74) is 1.59. The van der Waals surface area contributed by atoms with Crippen LogP contribution in [0.15, 0.2) is 27.4 Å². The fourth-order valence-electron chi connectivity index (χ4n) is 2.41. The van der Waals surface area contributed by atoms with E-state index in [1.165, 1.54) is 4.57 Å². The van der Waals surface area contributed by atoms with E-state index in [2.05, 4.69) is 0 Å². The van der Waals surface area contributed by atoms with Gasteiger partial charge < -0.3 is 19.2 Å². The lowest BCUT2D eigenvalue weighted by molar-refractivity contribution is -0.135. The van der Waals surface area contributed by atoms with E-state index in [1.54, 1.807) is 23.1 Å². The molecule has 1 aliphatic rings. The molecule has 0 spiro atoms. The topological polar surface area (TPSA) is 84.9 Å². The maximum Gasteiger partial charge on any atom is 0.420 e. The molecule has 2 aromatic rings. The Hall–Kier alpha value is -2.12. The fourth-order valence-corrected chi connectivity index (χ4v) is 2.41. The van der Waals surface area contributed by atoms with Crippen LogP contribution in [0.3, 0.4) is 0 Å². The molecular formula is C14H16N2O5. The van der Waals surface area contributed by atoms with Crippen LogP contribution in [0.4, 0.5) is 0 Å². The summed E-state index contributed by atoms with van der Waals surface area (Å²) in [5, 5.41) is 9.09. The molecule has 1 fully saturated rings. The molecule has 21 heavy (non-hydrogen) atoms. The normalized spacial score (nSPS) is 15.6. The first-order chi connectivity index (χ1) is 10.2. The van der Waals surface area contributed by atoms with Crippen molar-refractivity contribution in [3.63, 3.8) is 0 Å². The van der Waals surface area contributed by atoms with E-state index in [1.807, 2.05) is 0 Å². The second-order valence-electron chi connectivity index (χ2n) is 4.91. The van der Waals surface area contributed by atoms with Gasteiger partial charge in [-0.1, -0.05) is 6.07 Å². The zero-order valence-corrected chi connectivity index (χ0v) is 11.4. The van der Waals surface area contributed by atoms with Crippen molar-refractivity contribution in [3.8, 4) is 0 Å². The van der Waals surface area contributed by atoms with Crippen molar-refractivity contribution in [1.82, 2.24) is 9.47 Å². The Morgan fingerprint density at radius 2 is 2.05 bits per heavy atom. The van der Waals surface area contributed by atoms with E-state index < -0.39 is 5.76 Å². The van der Waals surface area contributed by atoms with E-state index in [0.29, 0.717) is 43.0 Å². The fraction of sp³-hybridized carbons (Fsp3) is 0.429. The van der Waals surface area contributed by atoms with Crippen molar-refractivity contribution in [3.05, 3.63) is 34.3 Å². The number of rotatable bonds is 3. The maximum absolute atomic E-state index is 12.2. The van der Waals surface area contributed by atoms with Gasteiger partial charge in [-0.25, -0.2) is 4.79 Å². The van der Waals surface area contributed by atoms with Gasteiger partial charge in [-0.15, -0.1) is 0 Å². The first-order valence-corrected chi connectivity index (χ1v) is 6.77. The third kappa shape index (κ3) is 2.70. The molecule has 7 nitrogen and oxygen atoms in total. The smallest absolute Gasteiger partial charge is 0.408 e.